The molecule has 0 bridgehead atoms. The number of rotatable bonds is 7. The summed E-state index contributed by atoms with van der Waals surface area (Å²) >= 11 is 0. The van der Waals surface area contributed by atoms with Gasteiger partial charge in [0.25, 0.3) is 5.56 Å². The molecule has 2 rings (SSSR count). The Labute approximate surface area is 134 Å². The molecule has 0 aliphatic rings. The molecule has 0 saturated carbocycles. The maximum absolute atomic E-state index is 12.9. The van der Waals surface area contributed by atoms with Gasteiger partial charge in [-0.15, -0.1) is 0 Å². The van der Waals surface area contributed by atoms with Crippen molar-refractivity contribution in [2.45, 2.75) is 19.4 Å². The number of carbonyl (C=O) groups excluding carboxylic acids is 1. The molecule has 1 amide bonds. The maximum Gasteiger partial charge on any atom is 0.274 e. The third kappa shape index (κ3) is 5.03. The van der Waals surface area contributed by atoms with Crippen molar-refractivity contribution in [1.82, 2.24) is 9.88 Å². The fourth-order valence-electron chi connectivity index (χ4n) is 2.18. The second-order valence-corrected chi connectivity index (χ2v) is 5.24. The Hall–Kier alpha value is -2.47. The number of carbonyl (C=O) groups is 1. The fourth-order valence-corrected chi connectivity index (χ4v) is 2.18. The predicted octanol–water partition coefficient (Wildman–Crippen LogP) is 1.97. The third-order valence-corrected chi connectivity index (χ3v) is 3.39. The van der Waals surface area contributed by atoms with Crippen LogP contribution in [0.15, 0.2) is 47.4 Å². The van der Waals surface area contributed by atoms with E-state index in [-0.39, 0.29) is 23.0 Å². The normalized spacial score (nSPS) is 10.5. The molecule has 5 nitrogen and oxygen atoms in total. The van der Waals surface area contributed by atoms with E-state index in [0.29, 0.717) is 19.4 Å². The number of anilines is 1. The van der Waals surface area contributed by atoms with Crippen LogP contribution in [0.2, 0.25) is 0 Å². The van der Waals surface area contributed by atoms with Gasteiger partial charge in [-0.05, 0) is 49.8 Å². The molecule has 1 aromatic heterocycles. The van der Waals surface area contributed by atoms with Crippen LogP contribution in [0.25, 0.3) is 0 Å². The third-order valence-electron chi connectivity index (χ3n) is 3.39. The monoisotopic (exact) mass is 317 g/mol. The largest absolute Gasteiger partial charge is 0.321 e. The Morgan fingerprint density at radius 3 is 2.65 bits per heavy atom. The highest BCUT2D eigenvalue weighted by molar-refractivity contribution is 5.90. The van der Waals surface area contributed by atoms with Crippen LogP contribution in [-0.2, 0) is 11.3 Å². The molecule has 0 atom stereocenters. The first-order valence-electron chi connectivity index (χ1n) is 7.48. The van der Waals surface area contributed by atoms with E-state index in [9.17, 15) is 14.0 Å². The number of nitrogens with one attached hydrogen (secondary N) is 2. The standard InChI is InChI=1S/C17H20FN3O2/c1-19-10-2-5-16(22)20-15-4-3-11-21(17(15)23)12-13-6-8-14(18)9-7-13/h3-4,6-9,11,19H,2,5,10,12H2,1H3,(H,20,22). The summed E-state index contributed by atoms with van der Waals surface area (Å²) in [6.07, 6.45) is 2.70. The smallest absolute Gasteiger partial charge is 0.274 e. The van der Waals surface area contributed by atoms with Crippen LogP contribution in [0.1, 0.15) is 18.4 Å². The van der Waals surface area contributed by atoms with Crippen LogP contribution in [0, 0.1) is 5.82 Å². The van der Waals surface area contributed by atoms with Gasteiger partial charge >= 0.3 is 0 Å². The Balaban J connectivity index is 2.07. The topological polar surface area (TPSA) is 63.1 Å². The summed E-state index contributed by atoms with van der Waals surface area (Å²) < 4.78 is 14.4. The van der Waals surface area contributed by atoms with Crippen molar-refractivity contribution in [3.8, 4) is 0 Å². The molecule has 1 heterocycles. The van der Waals surface area contributed by atoms with Crippen LogP contribution in [0.5, 0.6) is 0 Å². The van der Waals surface area contributed by atoms with Crippen molar-refractivity contribution in [1.29, 1.82) is 0 Å². The van der Waals surface area contributed by atoms with E-state index >= 15 is 0 Å². The van der Waals surface area contributed by atoms with Gasteiger partial charge in [0.15, 0.2) is 0 Å². The first-order chi connectivity index (χ1) is 11.1. The number of nitrogens with zero attached hydrogens (tertiary/aromatic N) is 1. The second kappa shape index (κ2) is 8.24. The van der Waals surface area contributed by atoms with Gasteiger partial charge in [-0.1, -0.05) is 12.1 Å². The molecule has 0 saturated heterocycles. The van der Waals surface area contributed by atoms with E-state index in [1.807, 2.05) is 7.05 Å². The average molecular weight is 317 g/mol. The molecule has 2 aromatic rings. The molecule has 23 heavy (non-hydrogen) atoms. The molecule has 6 heteroatoms. The lowest BCUT2D eigenvalue weighted by Crippen LogP contribution is -2.26. The van der Waals surface area contributed by atoms with Gasteiger partial charge < -0.3 is 15.2 Å². The van der Waals surface area contributed by atoms with Crippen molar-refractivity contribution in [2.75, 3.05) is 18.9 Å². The highest BCUT2D eigenvalue weighted by atomic mass is 19.1. The van der Waals surface area contributed by atoms with Crippen molar-refractivity contribution >= 4 is 11.6 Å². The highest BCUT2D eigenvalue weighted by Gasteiger charge is 2.08. The number of halogens is 1. The van der Waals surface area contributed by atoms with Crippen molar-refractivity contribution in [3.63, 3.8) is 0 Å². The molecular weight excluding hydrogens is 297 g/mol. The van der Waals surface area contributed by atoms with Gasteiger partial charge in [0, 0.05) is 12.6 Å². The Morgan fingerprint density at radius 2 is 1.96 bits per heavy atom. The van der Waals surface area contributed by atoms with E-state index in [1.165, 1.54) is 16.7 Å². The quantitative estimate of drug-likeness (QED) is 0.768. The van der Waals surface area contributed by atoms with Crippen molar-refractivity contribution in [3.05, 3.63) is 64.3 Å². The van der Waals surface area contributed by atoms with Gasteiger partial charge in [0.1, 0.15) is 11.5 Å². The van der Waals surface area contributed by atoms with Gasteiger partial charge in [-0.25, -0.2) is 4.39 Å². The molecule has 0 unspecified atom stereocenters. The van der Waals surface area contributed by atoms with E-state index < -0.39 is 0 Å². The van der Waals surface area contributed by atoms with E-state index in [0.717, 1.165) is 12.1 Å². The zero-order chi connectivity index (χ0) is 16.7. The molecule has 0 radical (unpaired) electrons. The summed E-state index contributed by atoms with van der Waals surface area (Å²) in [4.78, 5) is 24.2. The Bertz CT molecular complexity index is 711. The number of benzene rings is 1. The number of hydrogen-bond donors (Lipinski definition) is 2. The minimum Gasteiger partial charge on any atom is -0.321 e. The molecule has 0 aliphatic carbocycles. The summed E-state index contributed by atoms with van der Waals surface area (Å²) in [5, 5.41) is 5.61. The zero-order valence-electron chi connectivity index (χ0n) is 13.0. The van der Waals surface area contributed by atoms with Gasteiger partial charge in [0.05, 0.1) is 6.54 Å². The number of amides is 1. The molecule has 0 spiro atoms. The first-order valence-corrected chi connectivity index (χ1v) is 7.48. The molecule has 0 aliphatic heterocycles. The fraction of sp³-hybridized carbons (Fsp3) is 0.294. The first kappa shape index (κ1) is 16.9. The average Bonchev–Trinajstić information content (AvgIpc) is 2.53. The molecule has 122 valence electrons. The summed E-state index contributed by atoms with van der Waals surface area (Å²) in [5.74, 6) is -0.499. The number of hydrogen-bond acceptors (Lipinski definition) is 3. The minimum absolute atomic E-state index is 0.183. The summed E-state index contributed by atoms with van der Waals surface area (Å²) in [6, 6.07) is 9.25. The SMILES string of the molecule is CNCCCC(=O)Nc1cccn(Cc2ccc(F)cc2)c1=O. The van der Waals surface area contributed by atoms with E-state index in [4.69, 9.17) is 0 Å². The number of pyridine rings is 1. The Kier molecular flexibility index (Phi) is 6.05. The van der Waals surface area contributed by atoms with Crippen LogP contribution in [0.4, 0.5) is 10.1 Å². The second-order valence-electron chi connectivity index (χ2n) is 5.24. The lowest BCUT2D eigenvalue weighted by molar-refractivity contribution is -0.116. The Morgan fingerprint density at radius 1 is 1.22 bits per heavy atom. The predicted molar refractivity (Wildman–Crippen MR) is 88.0 cm³/mol. The van der Waals surface area contributed by atoms with Gasteiger partial charge in [-0.3, -0.25) is 9.59 Å². The minimum atomic E-state index is -0.316. The van der Waals surface area contributed by atoms with E-state index in [1.54, 1.807) is 30.5 Å². The molecular formula is C17H20FN3O2. The molecule has 2 N–H and O–H groups in total. The van der Waals surface area contributed by atoms with Gasteiger partial charge in [0.2, 0.25) is 5.91 Å². The van der Waals surface area contributed by atoms with Gasteiger partial charge in [-0.2, -0.15) is 0 Å². The van der Waals surface area contributed by atoms with Crippen LogP contribution in [-0.4, -0.2) is 24.1 Å². The van der Waals surface area contributed by atoms with Crippen molar-refractivity contribution in [2.24, 2.45) is 0 Å². The van der Waals surface area contributed by atoms with Crippen LogP contribution < -0.4 is 16.2 Å². The summed E-state index contributed by atoms with van der Waals surface area (Å²) in [7, 11) is 1.82. The van der Waals surface area contributed by atoms with Crippen LogP contribution >= 0.6 is 0 Å². The number of aromatic nitrogens is 1. The summed E-state index contributed by atoms with van der Waals surface area (Å²) in [6.45, 7) is 1.07. The van der Waals surface area contributed by atoms with Crippen LogP contribution in [0.3, 0.4) is 0 Å². The lowest BCUT2D eigenvalue weighted by atomic mass is 10.2. The lowest BCUT2D eigenvalue weighted by Gasteiger charge is -2.09. The van der Waals surface area contributed by atoms with E-state index in [2.05, 4.69) is 10.6 Å². The summed E-state index contributed by atoms with van der Waals surface area (Å²) in [5.41, 5.74) is 0.786. The maximum atomic E-state index is 12.9. The zero-order valence-corrected chi connectivity index (χ0v) is 13.0. The highest BCUT2D eigenvalue weighted by Crippen LogP contribution is 2.06. The molecule has 1 aromatic carbocycles. The molecule has 0 fully saturated rings. The van der Waals surface area contributed by atoms with Crippen molar-refractivity contribution < 1.29 is 9.18 Å².